The van der Waals surface area contributed by atoms with Crippen LogP contribution in [0.4, 0.5) is 5.69 Å². The quantitative estimate of drug-likeness (QED) is 0.779. The minimum absolute atomic E-state index is 0.409. The monoisotopic (exact) mass is 321 g/mol. The summed E-state index contributed by atoms with van der Waals surface area (Å²) in [4.78, 5) is 21.1. The van der Waals surface area contributed by atoms with Gasteiger partial charge in [-0.1, -0.05) is 15.9 Å². The van der Waals surface area contributed by atoms with Crippen LogP contribution in [0.25, 0.3) is 0 Å². The van der Waals surface area contributed by atoms with E-state index in [1.807, 2.05) is 0 Å². The molecule has 0 aromatic heterocycles. The molecule has 2 N–H and O–H groups in total. The molecule has 0 aliphatic carbocycles. The van der Waals surface area contributed by atoms with Gasteiger partial charge < -0.3 is 10.4 Å². The fourth-order valence-electron chi connectivity index (χ4n) is 0.769. The predicted molar refractivity (Wildman–Crippen MR) is 58.1 cm³/mol. The van der Waals surface area contributed by atoms with Crippen LogP contribution in [0.1, 0.15) is 0 Å². The largest absolute Gasteiger partial charge is 0.474 e. The van der Waals surface area contributed by atoms with Gasteiger partial charge in [-0.15, -0.1) is 0 Å². The van der Waals surface area contributed by atoms with Crippen molar-refractivity contribution in [3.63, 3.8) is 0 Å². The SMILES string of the molecule is O=C(O)C(=O)Nc1cc(Br)ccc1Br. The highest BCUT2D eigenvalue weighted by atomic mass is 79.9. The number of hydrogen-bond donors (Lipinski definition) is 2. The summed E-state index contributed by atoms with van der Waals surface area (Å²) in [5.41, 5.74) is 0.409. The molecule has 0 unspecified atom stereocenters. The second kappa shape index (κ2) is 4.56. The summed E-state index contributed by atoms with van der Waals surface area (Å²) < 4.78 is 1.37. The zero-order valence-electron chi connectivity index (χ0n) is 6.75. The summed E-state index contributed by atoms with van der Waals surface area (Å²) >= 11 is 6.38. The van der Waals surface area contributed by atoms with Crippen LogP contribution in [0.3, 0.4) is 0 Å². The molecule has 0 aliphatic heterocycles. The smallest absolute Gasteiger partial charge is 0.394 e. The van der Waals surface area contributed by atoms with E-state index in [4.69, 9.17) is 5.11 Å². The summed E-state index contributed by atoms with van der Waals surface area (Å²) in [6, 6.07) is 5.06. The Morgan fingerprint density at radius 3 is 2.50 bits per heavy atom. The predicted octanol–water partition coefficient (Wildman–Crippen LogP) is 2.23. The highest BCUT2D eigenvalue weighted by Crippen LogP contribution is 2.25. The molecule has 1 amide bonds. The van der Waals surface area contributed by atoms with Gasteiger partial charge in [-0.05, 0) is 34.1 Å². The van der Waals surface area contributed by atoms with E-state index in [0.29, 0.717) is 10.2 Å². The molecule has 0 aliphatic rings. The summed E-state index contributed by atoms with van der Waals surface area (Å²) in [6.45, 7) is 0. The molecule has 1 rings (SSSR count). The number of carbonyl (C=O) groups is 2. The van der Waals surface area contributed by atoms with Crippen molar-refractivity contribution in [2.45, 2.75) is 0 Å². The Morgan fingerprint density at radius 1 is 1.29 bits per heavy atom. The fraction of sp³-hybridized carbons (Fsp3) is 0. The van der Waals surface area contributed by atoms with Gasteiger partial charge in [0.05, 0.1) is 5.69 Å². The van der Waals surface area contributed by atoms with Crippen molar-refractivity contribution in [3.8, 4) is 0 Å². The van der Waals surface area contributed by atoms with E-state index in [1.54, 1.807) is 18.2 Å². The lowest BCUT2D eigenvalue weighted by Crippen LogP contribution is -2.21. The normalized spacial score (nSPS) is 9.57. The van der Waals surface area contributed by atoms with Crippen molar-refractivity contribution in [3.05, 3.63) is 27.1 Å². The number of carboxylic acid groups (broad SMARTS) is 1. The van der Waals surface area contributed by atoms with Gasteiger partial charge in [0.1, 0.15) is 0 Å². The second-order valence-electron chi connectivity index (χ2n) is 2.38. The maximum atomic E-state index is 10.8. The van der Waals surface area contributed by atoms with Crippen molar-refractivity contribution < 1.29 is 14.7 Å². The van der Waals surface area contributed by atoms with Crippen LogP contribution in [0.5, 0.6) is 0 Å². The molecule has 4 nitrogen and oxygen atoms in total. The molecular formula is C8H5Br2NO3. The van der Waals surface area contributed by atoms with Gasteiger partial charge in [-0.3, -0.25) is 4.79 Å². The molecule has 0 fully saturated rings. The molecule has 1 aromatic carbocycles. The Labute approximate surface area is 96.6 Å². The van der Waals surface area contributed by atoms with E-state index >= 15 is 0 Å². The summed E-state index contributed by atoms with van der Waals surface area (Å²) in [6.07, 6.45) is 0. The number of halogens is 2. The Bertz CT molecular complexity index is 392. The van der Waals surface area contributed by atoms with Gasteiger partial charge >= 0.3 is 11.9 Å². The third kappa shape index (κ3) is 2.81. The van der Waals surface area contributed by atoms with Crippen LogP contribution >= 0.6 is 31.9 Å². The molecule has 0 radical (unpaired) electrons. The van der Waals surface area contributed by atoms with Crippen LogP contribution in [-0.2, 0) is 9.59 Å². The Hall–Kier alpha value is -0.880. The lowest BCUT2D eigenvalue weighted by molar-refractivity contribution is -0.147. The topological polar surface area (TPSA) is 66.4 Å². The van der Waals surface area contributed by atoms with Crippen molar-refractivity contribution >= 4 is 49.4 Å². The molecule has 0 bridgehead atoms. The number of aliphatic carboxylic acids is 1. The van der Waals surface area contributed by atoms with E-state index < -0.39 is 11.9 Å². The van der Waals surface area contributed by atoms with Gasteiger partial charge in [-0.2, -0.15) is 0 Å². The summed E-state index contributed by atoms with van der Waals surface area (Å²) in [7, 11) is 0. The summed E-state index contributed by atoms with van der Waals surface area (Å²) in [5, 5.41) is 10.6. The Kier molecular flexibility index (Phi) is 3.65. The average molecular weight is 323 g/mol. The number of carboxylic acids is 1. The number of anilines is 1. The van der Waals surface area contributed by atoms with Gasteiger partial charge in [-0.25, -0.2) is 4.79 Å². The first kappa shape index (κ1) is 11.2. The first-order valence-corrected chi connectivity index (χ1v) is 5.08. The van der Waals surface area contributed by atoms with Crippen molar-refractivity contribution in [2.24, 2.45) is 0 Å². The van der Waals surface area contributed by atoms with E-state index in [2.05, 4.69) is 37.2 Å². The van der Waals surface area contributed by atoms with E-state index in [-0.39, 0.29) is 0 Å². The van der Waals surface area contributed by atoms with Crippen LogP contribution in [0, 0.1) is 0 Å². The minimum atomic E-state index is -1.52. The first-order chi connectivity index (χ1) is 6.50. The standard InChI is InChI=1S/C8H5Br2NO3/c9-4-1-2-5(10)6(3-4)11-7(12)8(13)14/h1-3H,(H,11,12)(H,13,14). The van der Waals surface area contributed by atoms with Gasteiger partial charge in [0, 0.05) is 8.95 Å². The van der Waals surface area contributed by atoms with Gasteiger partial charge in [0.25, 0.3) is 0 Å². The zero-order valence-corrected chi connectivity index (χ0v) is 9.92. The van der Waals surface area contributed by atoms with Gasteiger partial charge in [0.2, 0.25) is 0 Å². The molecule has 1 aromatic rings. The number of nitrogens with one attached hydrogen (secondary N) is 1. The number of amides is 1. The van der Waals surface area contributed by atoms with Crippen molar-refractivity contribution in [1.29, 1.82) is 0 Å². The van der Waals surface area contributed by atoms with Crippen molar-refractivity contribution in [1.82, 2.24) is 0 Å². The molecular weight excluding hydrogens is 318 g/mol. The molecule has 14 heavy (non-hydrogen) atoms. The highest BCUT2D eigenvalue weighted by molar-refractivity contribution is 9.11. The lowest BCUT2D eigenvalue weighted by Gasteiger charge is -2.04. The molecule has 6 heteroatoms. The maximum Gasteiger partial charge on any atom is 0.394 e. The molecule has 74 valence electrons. The lowest BCUT2D eigenvalue weighted by atomic mass is 10.3. The molecule has 0 spiro atoms. The third-order valence-corrected chi connectivity index (χ3v) is 2.56. The van der Waals surface area contributed by atoms with E-state index in [1.165, 1.54) is 0 Å². The molecule has 0 saturated heterocycles. The van der Waals surface area contributed by atoms with E-state index in [0.717, 1.165) is 4.47 Å². The number of benzene rings is 1. The van der Waals surface area contributed by atoms with Crippen LogP contribution in [-0.4, -0.2) is 17.0 Å². The number of rotatable bonds is 1. The third-order valence-electron chi connectivity index (χ3n) is 1.37. The van der Waals surface area contributed by atoms with Crippen LogP contribution in [0.15, 0.2) is 27.1 Å². The van der Waals surface area contributed by atoms with Crippen LogP contribution in [0.2, 0.25) is 0 Å². The first-order valence-electron chi connectivity index (χ1n) is 3.50. The number of carbonyl (C=O) groups excluding carboxylic acids is 1. The molecule has 0 atom stereocenters. The fourth-order valence-corrected chi connectivity index (χ4v) is 1.48. The molecule has 0 saturated carbocycles. The molecule has 0 heterocycles. The minimum Gasteiger partial charge on any atom is -0.474 e. The second-order valence-corrected chi connectivity index (χ2v) is 4.15. The zero-order chi connectivity index (χ0) is 10.7. The highest BCUT2D eigenvalue weighted by Gasteiger charge is 2.12. The number of hydrogen-bond acceptors (Lipinski definition) is 2. The van der Waals surface area contributed by atoms with Gasteiger partial charge in [0.15, 0.2) is 0 Å². The summed E-state index contributed by atoms with van der Waals surface area (Å²) in [5.74, 6) is -2.58. The average Bonchev–Trinajstić information content (AvgIpc) is 2.11. The maximum absolute atomic E-state index is 10.8. The Morgan fingerprint density at radius 2 is 1.93 bits per heavy atom. The Balaban J connectivity index is 2.91. The van der Waals surface area contributed by atoms with E-state index in [9.17, 15) is 9.59 Å². The van der Waals surface area contributed by atoms with Crippen molar-refractivity contribution in [2.75, 3.05) is 5.32 Å². The van der Waals surface area contributed by atoms with Crippen LogP contribution < -0.4 is 5.32 Å².